The van der Waals surface area contributed by atoms with Gasteiger partial charge in [0.15, 0.2) is 13.6 Å². The van der Waals surface area contributed by atoms with Crippen molar-refractivity contribution < 1.29 is 18.9 Å². The minimum atomic E-state index is 0.128. The summed E-state index contributed by atoms with van der Waals surface area (Å²) in [6.45, 7) is 4.55. The number of benzene rings is 2. The van der Waals surface area contributed by atoms with E-state index in [1.165, 1.54) is 0 Å². The summed E-state index contributed by atoms with van der Waals surface area (Å²) in [6, 6.07) is 12.4. The molecule has 2 aromatic carbocycles. The van der Waals surface area contributed by atoms with Gasteiger partial charge in [0.25, 0.3) is 0 Å². The second-order valence-corrected chi connectivity index (χ2v) is 6.35. The lowest BCUT2D eigenvalue weighted by atomic mass is 9.89. The van der Waals surface area contributed by atoms with Crippen molar-refractivity contribution in [2.75, 3.05) is 34.0 Å². The molecule has 5 heteroatoms. The SMILES string of the molecule is COCOc1c(C)cccc1C(CP)c1cccc(C)c1OCOC. The fourth-order valence-corrected chi connectivity index (χ4v) is 3.46. The van der Waals surface area contributed by atoms with Crippen LogP contribution in [0.4, 0.5) is 0 Å². The van der Waals surface area contributed by atoms with Crippen LogP contribution in [0.2, 0.25) is 0 Å². The molecule has 0 amide bonds. The van der Waals surface area contributed by atoms with Gasteiger partial charge < -0.3 is 18.9 Å². The molecule has 0 fully saturated rings. The molecule has 0 saturated heterocycles. The molecule has 0 spiro atoms. The number of hydrogen-bond donors (Lipinski definition) is 0. The van der Waals surface area contributed by atoms with Gasteiger partial charge in [0.2, 0.25) is 0 Å². The van der Waals surface area contributed by atoms with Gasteiger partial charge in [0.1, 0.15) is 11.5 Å². The van der Waals surface area contributed by atoms with Crippen LogP contribution < -0.4 is 9.47 Å². The molecule has 0 bridgehead atoms. The van der Waals surface area contributed by atoms with Crippen molar-refractivity contribution in [3.63, 3.8) is 0 Å². The van der Waals surface area contributed by atoms with E-state index in [9.17, 15) is 0 Å². The van der Waals surface area contributed by atoms with Crippen molar-refractivity contribution in [3.8, 4) is 11.5 Å². The van der Waals surface area contributed by atoms with E-state index in [2.05, 4.69) is 33.5 Å². The highest BCUT2D eigenvalue weighted by atomic mass is 31.0. The number of rotatable bonds is 9. The second-order valence-electron chi connectivity index (χ2n) is 5.88. The van der Waals surface area contributed by atoms with Crippen molar-refractivity contribution in [3.05, 3.63) is 58.7 Å². The zero-order chi connectivity index (χ0) is 18.2. The Morgan fingerprint density at radius 3 is 1.60 bits per heavy atom. The number of para-hydroxylation sites is 2. The van der Waals surface area contributed by atoms with E-state index in [0.29, 0.717) is 0 Å². The molecule has 0 radical (unpaired) electrons. The maximum absolute atomic E-state index is 5.88. The first-order chi connectivity index (χ1) is 12.1. The van der Waals surface area contributed by atoms with Crippen LogP contribution in [0, 0.1) is 13.8 Å². The van der Waals surface area contributed by atoms with E-state index in [0.717, 1.165) is 39.9 Å². The molecule has 136 valence electrons. The molecule has 0 heterocycles. The summed E-state index contributed by atoms with van der Waals surface area (Å²) in [6.07, 6.45) is 0.847. The van der Waals surface area contributed by atoms with Crippen LogP contribution in [0.1, 0.15) is 28.2 Å². The third-order valence-corrected chi connectivity index (χ3v) is 4.58. The molecular formula is C20H27O4P. The molecule has 2 rings (SSSR count). The highest BCUT2D eigenvalue weighted by Gasteiger charge is 2.22. The Morgan fingerprint density at radius 1 is 0.800 bits per heavy atom. The molecule has 25 heavy (non-hydrogen) atoms. The zero-order valence-electron chi connectivity index (χ0n) is 15.4. The van der Waals surface area contributed by atoms with Crippen molar-refractivity contribution >= 4 is 9.24 Å². The van der Waals surface area contributed by atoms with E-state index >= 15 is 0 Å². The van der Waals surface area contributed by atoms with Crippen molar-refractivity contribution in [2.24, 2.45) is 0 Å². The lowest BCUT2D eigenvalue weighted by molar-refractivity contribution is 0.0489. The second kappa shape index (κ2) is 9.76. The van der Waals surface area contributed by atoms with Crippen LogP contribution in [-0.2, 0) is 9.47 Å². The Morgan fingerprint density at radius 2 is 1.24 bits per heavy atom. The lowest BCUT2D eigenvalue weighted by Gasteiger charge is -2.24. The molecule has 0 aliphatic carbocycles. The van der Waals surface area contributed by atoms with Gasteiger partial charge in [-0.3, -0.25) is 0 Å². The fraction of sp³-hybridized carbons (Fsp3) is 0.400. The minimum Gasteiger partial charge on any atom is -0.467 e. The first kappa shape index (κ1) is 19.7. The number of hydrogen-bond acceptors (Lipinski definition) is 4. The quantitative estimate of drug-likeness (QED) is 0.493. The normalized spacial score (nSPS) is 11.0. The average molecular weight is 362 g/mol. The van der Waals surface area contributed by atoms with E-state index in [4.69, 9.17) is 18.9 Å². The summed E-state index contributed by atoms with van der Waals surface area (Å²) in [7, 11) is 6.09. The maximum atomic E-state index is 5.88. The van der Waals surface area contributed by atoms with Crippen LogP contribution in [-0.4, -0.2) is 34.0 Å². The summed E-state index contributed by atoms with van der Waals surface area (Å²) in [5.41, 5.74) is 4.43. The molecular weight excluding hydrogens is 335 g/mol. The Balaban J connectivity index is 2.51. The summed E-state index contributed by atoms with van der Waals surface area (Å²) < 4.78 is 22.0. The molecule has 2 aromatic rings. The smallest absolute Gasteiger partial charge is 0.188 e. The van der Waals surface area contributed by atoms with Crippen LogP contribution >= 0.6 is 9.24 Å². The minimum absolute atomic E-state index is 0.128. The molecule has 0 N–H and O–H groups in total. The van der Waals surface area contributed by atoms with Crippen LogP contribution in [0.15, 0.2) is 36.4 Å². The highest BCUT2D eigenvalue weighted by molar-refractivity contribution is 7.16. The fourth-order valence-electron chi connectivity index (χ4n) is 2.95. The lowest BCUT2D eigenvalue weighted by Crippen LogP contribution is -2.11. The first-order valence-electron chi connectivity index (χ1n) is 8.26. The Kier molecular flexibility index (Phi) is 7.70. The van der Waals surface area contributed by atoms with Gasteiger partial charge in [-0.15, -0.1) is 9.24 Å². The summed E-state index contributed by atoms with van der Waals surface area (Å²) in [5.74, 6) is 1.87. The van der Waals surface area contributed by atoms with Gasteiger partial charge in [0.05, 0.1) is 0 Å². The standard InChI is InChI=1S/C20H27O4P/c1-14-7-5-9-16(19(14)23-12-21-3)18(11-25)17-10-6-8-15(2)20(17)24-13-22-4/h5-10,18H,11-13,25H2,1-4H3. The van der Waals surface area contributed by atoms with Gasteiger partial charge in [-0.05, 0) is 31.1 Å². The molecule has 0 aromatic heterocycles. The van der Waals surface area contributed by atoms with E-state index in [1.54, 1.807) is 14.2 Å². The molecule has 0 saturated carbocycles. The number of aryl methyl sites for hydroxylation is 2. The average Bonchev–Trinajstić information content (AvgIpc) is 2.61. The summed E-state index contributed by atoms with van der Waals surface area (Å²) in [4.78, 5) is 0. The van der Waals surface area contributed by atoms with E-state index in [-0.39, 0.29) is 19.5 Å². The molecule has 1 unspecified atom stereocenters. The molecule has 0 aliphatic rings. The van der Waals surface area contributed by atoms with Crippen molar-refractivity contribution in [2.45, 2.75) is 19.8 Å². The van der Waals surface area contributed by atoms with Gasteiger partial charge >= 0.3 is 0 Å². The third-order valence-electron chi connectivity index (χ3n) is 4.11. The predicted molar refractivity (Wildman–Crippen MR) is 104 cm³/mol. The zero-order valence-corrected chi connectivity index (χ0v) is 16.5. The van der Waals surface area contributed by atoms with Crippen LogP contribution in [0.25, 0.3) is 0 Å². The maximum Gasteiger partial charge on any atom is 0.188 e. The summed E-state index contributed by atoms with van der Waals surface area (Å²) >= 11 is 0. The van der Waals surface area contributed by atoms with Crippen molar-refractivity contribution in [1.29, 1.82) is 0 Å². The monoisotopic (exact) mass is 362 g/mol. The van der Waals surface area contributed by atoms with Gasteiger partial charge in [-0.2, -0.15) is 0 Å². The van der Waals surface area contributed by atoms with Crippen LogP contribution in [0.5, 0.6) is 11.5 Å². The highest BCUT2D eigenvalue weighted by Crippen LogP contribution is 2.40. The third kappa shape index (κ3) is 4.72. The molecule has 0 aliphatic heterocycles. The Labute approximate surface area is 152 Å². The van der Waals surface area contributed by atoms with Gasteiger partial charge in [-0.1, -0.05) is 36.4 Å². The Hall–Kier alpha value is -1.61. The predicted octanol–water partition coefficient (Wildman–Crippen LogP) is 4.28. The van der Waals surface area contributed by atoms with Crippen molar-refractivity contribution in [1.82, 2.24) is 0 Å². The molecule has 1 atom stereocenters. The molecule has 4 nitrogen and oxygen atoms in total. The van der Waals surface area contributed by atoms with E-state index < -0.39 is 0 Å². The summed E-state index contributed by atoms with van der Waals surface area (Å²) in [5, 5.41) is 0. The Bertz CT molecular complexity index is 630. The van der Waals surface area contributed by atoms with E-state index in [1.807, 2.05) is 26.0 Å². The van der Waals surface area contributed by atoms with Gasteiger partial charge in [0, 0.05) is 31.3 Å². The van der Waals surface area contributed by atoms with Crippen LogP contribution in [0.3, 0.4) is 0 Å². The first-order valence-corrected chi connectivity index (χ1v) is 9.08. The topological polar surface area (TPSA) is 36.9 Å². The number of methoxy groups -OCH3 is 2. The van der Waals surface area contributed by atoms with Gasteiger partial charge in [-0.25, -0.2) is 0 Å². The largest absolute Gasteiger partial charge is 0.467 e. The number of ether oxygens (including phenoxy) is 4.